The molecule has 2 rings (SSSR count). The van der Waals surface area contributed by atoms with Gasteiger partial charge >= 0.3 is 5.51 Å². The highest BCUT2D eigenvalue weighted by molar-refractivity contribution is 8.00. The van der Waals surface area contributed by atoms with E-state index in [-0.39, 0.29) is 29.1 Å². The molecule has 2 aromatic rings. The van der Waals surface area contributed by atoms with Gasteiger partial charge in [-0.25, -0.2) is 9.37 Å². The van der Waals surface area contributed by atoms with Crippen molar-refractivity contribution in [1.29, 1.82) is 0 Å². The fourth-order valence-corrected chi connectivity index (χ4v) is 2.76. The molecule has 1 aromatic heterocycles. The van der Waals surface area contributed by atoms with Crippen molar-refractivity contribution in [2.24, 2.45) is 0 Å². The second kappa shape index (κ2) is 6.22. The summed E-state index contributed by atoms with van der Waals surface area (Å²) in [6.07, 6.45) is 0. The van der Waals surface area contributed by atoms with E-state index in [0.29, 0.717) is 16.9 Å². The number of hydrogen-bond donors (Lipinski definition) is 0. The lowest BCUT2D eigenvalue weighted by Gasteiger charge is -2.11. The molecular weight excluding hydrogens is 351 g/mol. The van der Waals surface area contributed by atoms with Crippen LogP contribution in [0.15, 0.2) is 12.1 Å². The van der Waals surface area contributed by atoms with Gasteiger partial charge in [0.2, 0.25) is 0 Å². The number of aryl methyl sites for hydroxylation is 1. The predicted octanol–water partition coefficient (Wildman–Crippen LogP) is 5.38. The van der Waals surface area contributed by atoms with Gasteiger partial charge in [-0.2, -0.15) is 13.2 Å². The summed E-state index contributed by atoms with van der Waals surface area (Å²) >= 11 is 11.5. The number of rotatable bonds is 4. The zero-order valence-corrected chi connectivity index (χ0v) is 13.0. The lowest BCUT2D eigenvalue weighted by Crippen LogP contribution is -2.10. The number of benzene rings is 1. The van der Waals surface area contributed by atoms with Crippen LogP contribution in [0.1, 0.15) is 18.1 Å². The van der Waals surface area contributed by atoms with Gasteiger partial charge < -0.3 is 4.57 Å². The number of fused-ring (bicyclic) bond motifs is 1. The highest BCUT2D eigenvalue weighted by atomic mass is 35.5. The van der Waals surface area contributed by atoms with E-state index in [0.717, 1.165) is 6.07 Å². The maximum atomic E-state index is 13.6. The Morgan fingerprint density at radius 2 is 2.05 bits per heavy atom. The quantitative estimate of drug-likeness (QED) is 0.537. The lowest BCUT2D eigenvalue weighted by molar-refractivity contribution is -0.0328. The Balaban J connectivity index is 2.39. The largest absolute Gasteiger partial charge is 0.441 e. The average molecular weight is 361 g/mol. The fourth-order valence-electron chi connectivity index (χ4n) is 1.93. The second-order valence-electron chi connectivity index (χ2n) is 4.29. The zero-order valence-electron chi connectivity index (χ0n) is 10.7. The van der Waals surface area contributed by atoms with Gasteiger partial charge in [-0.3, -0.25) is 0 Å². The minimum Gasteiger partial charge on any atom is -0.326 e. The van der Waals surface area contributed by atoms with E-state index in [1.54, 1.807) is 6.92 Å². The van der Waals surface area contributed by atoms with Gasteiger partial charge in [0.15, 0.2) is 0 Å². The van der Waals surface area contributed by atoms with Gasteiger partial charge in [-0.05, 0) is 24.8 Å². The molecule has 0 spiro atoms. The molecule has 1 unspecified atom stereocenters. The van der Waals surface area contributed by atoms with Crippen LogP contribution in [0.3, 0.4) is 0 Å². The molecule has 0 fully saturated rings. The van der Waals surface area contributed by atoms with Gasteiger partial charge in [-0.15, -0.1) is 11.6 Å². The molecule has 0 aliphatic rings. The molecule has 0 amide bonds. The SMILES string of the molecule is CC(Cl)c1nc2cc(Cl)c(F)cc2n1CCSC(F)(F)F. The molecule has 1 heterocycles. The first kappa shape index (κ1) is 16.7. The maximum Gasteiger partial charge on any atom is 0.441 e. The minimum atomic E-state index is -4.31. The van der Waals surface area contributed by atoms with Crippen LogP contribution in [-0.4, -0.2) is 20.8 Å². The van der Waals surface area contributed by atoms with Crippen LogP contribution in [0.25, 0.3) is 11.0 Å². The average Bonchev–Trinajstić information content (AvgIpc) is 2.67. The van der Waals surface area contributed by atoms with Crippen molar-refractivity contribution in [1.82, 2.24) is 9.55 Å². The number of halogens is 6. The Hall–Kier alpha value is -0.660. The summed E-state index contributed by atoms with van der Waals surface area (Å²) in [5, 5.41) is -0.610. The Morgan fingerprint density at radius 1 is 1.38 bits per heavy atom. The summed E-state index contributed by atoms with van der Waals surface area (Å²) in [4.78, 5) is 4.22. The molecule has 1 atom stereocenters. The fraction of sp³-hybridized carbons (Fsp3) is 0.417. The number of imidazole rings is 1. The summed E-state index contributed by atoms with van der Waals surface area (Å²) in [5.41, 5.74) is -3.53. The molecule has 9 heteroatoms. The summed E-state index contributed by atoms with van der Waals surface area (Å²) in [6.45, 7) is 1.67. The molecule has 0 saturated carbocycles. The Bertz CT molecular complexity index is 655. The monoisotopic (exact) mass is 360 g/mol. The van der Waals surface area contributed by atoms with Crippen molar-refractivity contribution in [3.05, 3.63) is 28.8 Å². The van der Waals surface area contributed by atoms with Crippen LogP contribution in [0, 0.1) is 5.82 Å². The molecule has 21 heavy (non-hydrogen) atoms. The molecule has 0 bridgehead atoms. The summed E-state index contributed by atoms with van der Waals surface area (Å²) in [6, 6.07) is 2.49. The number of nitrogens with zero attached hydrogens (tertiary/aromatic N) is 2. The van der Waals surface area contributed by atoms with Crippen LogP contribution in [0.2, 0.25) is 5.02 Å². The molecule has 0 N–H and O–H groups in total. The maximum absolute atomic E-state index is 13.6. The third-order valence-electron chi connectivity index (χ3n) is 2.76. The Morgan fingerprint density at radius 3 is 2.62 bits per heavy atom. The van der Waals surface area contributed by atoms with Gasteiger partial charge in [0.05, 0.1) is 21.4 Å². The normalized spacial score (nSPS) is 13.9. The first-order valence-electron chi connectivity index (χ1n) is 5.89. The first-order chi connectivity index (χ1) is 9.69. The van der Waals surface area contributed by atoms with Crippen LogP contribution >= 0.6 is 35.0 Å². The molecule has 0 aliphatic carbocycles. The molecule has 2 nitrogen and oxygen atoms in total. The van der Waals surface area contributed by atoms with Crippen LogP contribution in [0.5, 0.6) is 0 Å². The van der Waals surface area contributed by atoms with Crippen LogP contribution in [-0.2, 0) is 6.54 Å². The van der Waals surface area contributed by atoms with E-state index in [1.807, 2.05) is 0 Å². The zero-order chi connectivity index (χ0) is 15.8. The van der Waals surface area contributed by atoms with Crippen molar-refractivity contribution >= 4 is 46.0 Å². The molecule has 0 radical (unpaired) electrons. The predicted molar refractivity (Wildman–Crippen MR) is 77.5 cm³/mol. The Kier molecular flexibility index (Phi) is 4.95. The van der Waals surface area contributed by atoms with E-state index in [1.165, 1.54) is 10.6 Å². The van der Waals surface area contributed by atoms with Gasteiger partial charge in [-0.1, -0.05) is 11.6 Å². The highest BCUT2D eigenvalue weighted by Crippen LogP contribution is 2.32. The summed E-state index contributed by atoms with van der Waals surface area (Å²) < 4.78 is 51.7. The van der Waals surface area contributed by atoms with Gasteiger partial charge in [0, 0.05) is 18.4 Å². The number of alkyl halides is 4. The standard InChI is InChI=1S/C12H10Cl2F4N2S/c1-6(13)11-19-9-4-7(14)8(15)5-10(9)20(11)2-3-21-12(16,17)18/h4-6H,2-3H2,1H3. The summed E-state index contributed by atoms with van der Waals surface area (Å²) in [7, 11) is 0. The number of hydrogen-bond acceptors (Lipinski definition) is 2. The summed E-state index contributed by atoms with van der Waals surface area (Å²) in [5.74, 6) is -0.478. The smallest absolute Gasteiger partial charge is 0.326 e. The van der Waals surface area contributed by atoms with Crippen LogP contribution < -0.4 is 0 Å². The highest BCUT2D eigenvalue weighted by Gasteiger charge is 2.28. The van der Waals surface area contributed by atoms with E-state index < -0.39 is 16.7 Å². The van der Waals surface area contributed by atoms with Crippen molar-refractivity contribution < 1.29 is 17.6 Å². The first-order valence-corrected chi connectivity index (χ1v) is 7.69. The van der Waals surface area contributed by atoms with Gasteiger partial charge in [0.25, 0.3) is 0 Å². The molecular formula is C12H10Cl2F4N2S. The molecule has 0 aliphatic heterocycles. The molecule has 0 saturated heterocycles. The van der Waals surface area contributed by atoms with E-state index in [2.05, 4.69) is 4.98 Å². The minimum absolute atomic E-state index is 0.0220. The van der Waals surface area contributed by atoms with Crippen LogP contribution in [0.4, 0.5) is 17.6 Å². The van der Waals surface area contributed by atoms with Crippen molar-refractivity contribution in [3.8, 4) is 0 Å². The van der Waals surface area contributed by atoms with E-state index >= 15 is 0 Å². The Labute approximate surface area is 132 Å². The number of aromatic nitrogens is 2. The topological polar surface area (TPSA) is 17.8 Å². The third kappa shape index (κ3) is 3.96. The van der Waals surface area contributed by atoms with Crippen molar-refractivity contribution in [2.45, 2.75) is 24.4 Å². The molecule has 1 aromatic carbocycles. The third-order valence-corrected chi connectivity index (χ3v) is 3.96. The van der Waals surface area contributed by atoms with Gasteiger partial charge in [0.1, 0.15) is 11.6 Å². The van der Waals surface area contributed by atoms with Crippen molar-refractivity contribution in [2.75, 3.05) is 5.75 Å². The number of thioether (sulfide) groups is 1. The lowest BCUT2D eigenvalue weighted by atomic mass is 10.3. The van der Waals surface area contributed by atoms with E-state index in [4.69, 9.17) is 23.2 Å². The second-order valence-corrected chi connectivity index (χ2v) is 6.51. The van der Waals surface area contributed by atoms with E-state index in [9.17, 15) is 17.6 Å². The molecule has 116 valence electrons. The van der Waals surface area contributed by atoms with Crippen molar-refractivity contribution in [3.63, 3.8) is 0 Å².